The molecule has 1 heterocycles. The van der Waals surface area contributed by atoms with Crippen LogP contribution in [0.3, 0.4) is 0 Å². The molecule has 1 aliphatic rings. The molecule has 0 aromatic rings. The van der Waals surface area contributed by atoms with Crippen LogP contribution in [0.1, 0.15) is 33.6 Å². The molecule has 1 nitrogen and oxygen atoms in total. The lowest BCUT2D eigenvalue weighted by molar-refractivity contribution is 0.162. The summed E-state index contributed by atoms with van der Waals surface area (Å²) in [5.74, 6) is 0. The SMILES string of the molecule is CCCN1CC[CH]C(C)(C)C1. The Morgan fingerprint density at radius 1 is 1.45 bits per heavy atom. The van der Waals surface area contributed by atoms with E-state index in [1.165, 1.54) is 32.5 Å². The van der Waals surface area contributed by atoms with Gasteiger partial charge in [-0.3, -0.25) is 0 Å². The highest BCUT2D eigenvalue weighted by atomic mass is 15.1. The monoisotopic (exact) mass is 154 g/mol. The molecule has 0 saturated carbocycles. The summed E-state index contributed by atoms with van der Waals surface area (Å²) < 4.78 is 0. The minimum absolute atomic E-state index is 0.452. The van der Waals surface area contributed by atoms with Crippen LogP contribution >= 0.6 is 0 Å². The van der Waals surface area contributed by atoms with Crippen molar-refractivity contribution in [3.63, 3.8) is 0 Å². The molecule has 1 saturated heterocycles. The van der Waals surface area contributed by atoms with Crippen molar-refractivity contribution in [2.75, 3.05) is 19.6 Å². The van der Waals surface area contributed by atoms with Gasteiger partial charge in [0.15, 0.2) is 0 Å². The van der Waals surface area contributed by atoms with E-state index in [-0.39, 0.29) is 0 Å². The third-order valence-electron chi connectivity index (χ3n) is 2.31. The van der Waals surface area contributed by atoms with Gasteiger partial charge in [-0.15, -0.1) is 0 Å². The zero-order valence-electron chi connectivity index (χ0n) is 8.06. The molecule has 0 atom stereocenters. The molecular formula is C10H20N. The minimum Gasteiger partial charge on any atom is -0.303 e. The number of likely N-dealkylation sites (tertiary alicyclic amines) is 1. The zero-order chi connectivity index (χ0) is 8.32. The maximum absolute atomic E-state index is 2.57. The van der Waals surface area contributed by atoms with Crippen LogP contribution in [-0.2, 0) is 0 Å². The Labute approximate surface area is 70.8 Å². The normalized spacial score (nSPS) is 25.4. The first-order valence-electron chi connectivity index (χ1n) is 4.71. The van der Waals surface area contributed by atoms with Crippen LogP contribution in [0.25, 0.3) is 0 Å². The second kappa shape index (κ2) is 3.57. The average molecular weight is 154 g/mol. The topological polar surface area (TPSA) is 3.24 Å². The van der Waals surface area contributed by atoms with E-state index in [1.807, 2.05) is 0 Å². The molecule has 0 aliphatic carbocycles. The van der Waals surface area contributed by atoms with Crippen LogP contribution < -0.4 is 0 Å². The predicted octanol–water partition coefficient (Wildman–Crippen LogP) is 2.33. The third-order valence-corrected chi connectivity index (χ3v) is 2.31. The van der Waals surface area contributed by atoms with Gasteiger partial charge in [0.05, 0.1) is 0 Å². The lowest BCUT2D eigenvalue weighted by Crippen LogP contribution is -2.40. The van der Waals surface area contributed by atoms with Crippen LogP contribution in [0, 0.1) is 11.8 Å². The maximum Gasteiger partial charge on any atom is 0.00354 e. The summed E-state index contributed by atoms with van der Waals surface area (Å²) in [5.41, 5.74) is 0.452. The molecule has 0 unspecified atom stereocenters. The van der Waals surface area contributed by atoms with Crippen LogP contribution in [0.2, 0.25) is 0 Å². The molecule has 0 bridgehead atoms. The third kappa shape index (κ3) is 2.82. The summed E-state index contributed by atoms with van der Waals surface area (Å²) in [6.45, 7) is 10.7. The number of nitrogens with zero attached hydrogens (tertiary/aromatic N) is 1. The van der Waals surface area contributed by atoms with Gasteiger partial charge in [0.1, 0.15) is 0 Å². The minimum atomic E-state index is 0.452. The Balaban J connectivity index is 2.34. The second-order valence-corrected chi connectivity index (χ2v) is 4.26. The van der Waals surface area contributed by atoms with Crippen molar-refractivity contribution in [2.24, 2.45) is 5.41 Å². The summed E-state index contributed by atoms with van der Waals surface area (Å²) >= 11 is 0. The van der Waals surface area contributed by atoms with E-state index in [0.29, 0.717) is 5.41 Å². The Kier molecular flexibility index (Phi) is 2.94. The van der Waals surface area contributed by atoms with Gasteiger partial charge in [-0.2, -0.15) is 0 Å². The van der Waals surface area contributed by atoms with E-state index in [2.05, 4.69) is 32.1 Å². The Bertz CT molecular complexity index is 116. The molecule has 1 heteroatoms. The largest absolute Gasteiger partial charge is 0.303 e. The van der Waals surface area contributed by atoms with E-state index in [4.69, 9.17) is 0 Å². The molecule has 0 N–H and O–H groups in total. The van der Waals surface area contributed by atoms with Crippen molar-refractivity contribution < 1.29 is 0 Å². The summed E-state index contributed by atoms with van der Waals surface area (Å²) in [6.07, 6.45) is 5.02. The Morgan fingerprint density at radius 2 is 2.18 bits per heavy atom. The molecule has 65 valence electrons. The van der Waals surface area contributed by atoms with Gasteiger partial charge in [0.2, 0.25) is 0 Å². The van der Waals surface area contributed by atoms with E-state index in [1.54, 1.807) is 0 Å². The summed E-state index contributed by atoms with van der Waals surface area (Å²) in [7, 11) is 0. The summed E-state index contributed by atoms with van der Waals surface area (Å²) in [4.78, 5) is 2.57. The molecule has 0 amide bonds. The van der Waals surface area contributed by atoms with Crippen LogP contribution in [0.4, 0.5) is 0 Å². The Morgan fingerprint density at radius 3 is 2.73 bits per heavy atom. The molecule has 0 aromatic carbocycles. The van der Waals surface area contributed by atoms with Crippen molar-refractivity contribution in [3.05, 3.63) is 6.42 Å². The van der Waals surface area contributed by atoms with Crippen molar-refractivity contribution in [1.29, 1.82) is 0 Å². The van der Waals surface area contributed by atoms with Crippen LogP contribution in [0.15, 0.2) is 0 Å². The molecule has 1 aliphatic heterocycles. The van der Waals surface area contributed by atoms with Gasteiger partial charge < -0.3 is 4.90 Å². The highest BCUT2D eigenvalue weighted by molar-refractivity contribution is 4.92. The van der Waals surface area contributed by atoms with Gasteiger partial charge in [0, 0.05) is 6.54 Å². The first-order valence-corrected chi connectivity index (χ1v) is 4.71. The van der Waals surface area contributed by atoms with Gasteiger partial charge in [0.25, 0.3) is 0 Å². The fraction of sp³-hybridized carbons (Fsp3) is 0.900. The van der Waals surface area contributed by atoms with Gasteiger partial charge >= 0.3 is 0 Å². The highest BCUT2D eigenvalue weighted by Gasteiger charge is 2.25. The summed E-state index contributed by atoms with van der Waals surface area (Å²) in [6, 6.07) is 0. The molecular weight excluding hydrogens is 134 g/mol. The zero-order valence-corrected chi connectivity index (χ0v) is 8.06. The second-order valence-electron chi connectivity index (χ2n) is 4.26. The van der Waals surface area contributed by atoms with Crippen molar-refractivity contribution in [3.8, 4) is 0 Å². The lowest BCUT2D eigenvalue weighted by Gasteiger charge is -2.37. The van der Waals surface area contributed by atoms with Crippen molar-refractivity contribution >= 4 is 0 Å². The van der Waals surface area contributed by atoms with Crippen LogP contribution in [-0.4, -0.2) is 24.5 Å². The van der Waals surface area contributed by atoms with Crippen molar-refractivity contribution in [1.82, 2.24) is 4.90 Å². The number of piperidine rings is 1. The summed E-state index contributed by atoms with van der Waals surface area (Å²) in [5, 5.41) is 0. The van der Waals surface area contributed by atoms with Crippen molar-refractivity contribution in [2.45, 2.75) is 33.6 Å². The van der Waals surface area contributed by atoms with Gasteiger partial charge in [-0.05, 0) is 37.8 Å². The maximum atomic E-state index is 2.57. The molecule has 1 radical (unpaired) electrons. The van der Waals surface area contributed by atoms with Gasteiger partial charge in [-0.1, -0.05) is 20.8 Å². The van der Waals surface area contributed by atoms with Crippen LogP contribution in [0.5, 0.6) is 0 Å². The molecule has 1 fully saturated rings. The smallest absolute Gasteiger partial charge is 0.00354 e. The lowest BCUT2D eigenvalue weighted by atomic mass is 9.84. The standard InChI is InChI=1S/C10H20N/c1-4-7-11-8-5-6-10(2,3)9-11/h6H,4-5,7-9H2,1-3H3. The van der Waals surface area contributed by atoms with E-state index >= 15 is 0 Å². The molecule has 11 heavy (non-hydrogen) atoms. The quantitative estimate of drug-likeness (QED) is 0.590. The first kappa shape index (κ1) is 9.05. The molecule has 0 aromatic heterocycles. The fourth-order valence-corrected chi connectivity index (χ4v) is 1.86. The van der Waals surface area contributed by atoms with E-state index in [9.17, 15) is 0 Å². The number of rotatable bonds is 2. The number of hydrogen-bond acceptors (Lipinski definition) is 1. The van der Waals surface area contributed by atoms with E-state index in [0.717, 1.165) is 0 Å². The van der Waals surface area contributed by atoms with Gasteiger partial charge in [-0.25, -0.2) is 0 Å². The molecule has 0 spiro atoms. The fourth-order valence-electron chi connectivity index (χ4n) is 1.86. The van der Waals surface area contributed by atoms with E-state index < -0.39 is 0 Å². The highest BCUT2D eigenvalue weighted by Crippen LogP contribution is 2.27. The molecule has 1 rings (SSSR count). The Hall–Kier alpha value is -0.0400. The average Bonchev–Trinajstić information content (AvgIpc) is 1.85. The number of hydrogen-bond donors (Lipinski definition) is 0. The predicted molar refractivity (Wildman–Crippen MR) is 49.4 cm³/mol. The first-order chi connectivity index (χ1) is 5.14.